The number of carbonyl (C=O) groups is 1. The van der Waals surface area contributed by atoms with Crippen molar-refractivity contribution >= 4 is 28.4 Å². The van der Waals surface area contributed by atoms with E-state index in [1.165, 1.54) is 5.56 Å². The van der Waals surface area contributed by atoms with Crippen LogP contribution in [0.2, 0.25) is 0 Å². The van der Waals surface area contributed by atoms with E-state index in [4.69, 9.17) is 0 Å². The van der Waals surface area contributed by atoms with Gasteiger partial charge in [-0.15, -0.1) is 0 Å². The van der Waals surface area contributed by atoms with Gasteiger partial charge in [0.2, 0.25) is 0 Å². The Bertz CT molecular complexity index is 367. The minimum Gasteiger partial charge on any atom is -0.294 e. The molecular weight excluding hydrogens is 311 g/mol. The van der Waals surface area contributed by atoms with Gasteiger partial charge in [-0.1, -0.05) is 44.9 Å². The van der Waals surface area contributed by atoms with E-state index < -0.39 is 0 Å². The summed E-state index contributed by atoms with van der Waals surface area (Å²) in [7, 11) is 0. The van der Waals surface area contributed by atoms with Crippen molar-refractivity contribution in [3.63, 3.8) is 0 Å². The number of hydrogen-bond donors (Lipinski definition) is 0. The highest BCUT2D eigenvalue weighted by molar-refractivity contribution is 14.1. The SMILES string of the molecule is CCC(CC)CC(=O)c1cccc(C)c1I. The van der Waals surface area contributed by atoms with E-state index in [0.29, 0.717) is 18.1 Å². The summed E-state index contributed by atoms with van der Waals surface area (Å²) in [5, 5.41) is 0. The van der Waals surface area contributed by atoms with E-state index in [9.17, 15) is 4.79 Å². The third-order valence-electron chi connectivity index (χ3n) is 3.12. The number of carbonyl (C=O) groups excluding carboxylic acids is 1. The normalized spacial score (nSPS) is 10.8. The quantitative estimate of drug-likeness (QED) is 0.569. The van der Waals surface area contributed by atoms with Crippen molar-refractivity contribution < 1.29 is 4.79 Å². The highest BCUT2D eigenvalue weighted by Crippen LogP contribution is 2.21. The maximum Gasteiger partial charge on any atom is 0.164 e. The Hall–Kier alpha value is -0.380. The summed E-state index contributed by atoms with van der Waals surface area (Å²) in [6.45, 7) is 6.36. The Morgan fingerprint density at radius 3 is 2.50 bits per heavy atom. The molecule has 0 aliphatic heterocycles. The van der Waals surface area contributed by atoms with Crippen molar-refractivity contribution in [3.05, 3.63) is 32.9 Å². The average Bonchev–Trinajstić information content (AvgIpc) is 2.29. The Morgan fingerprint density at radius 2 is 1.94 bits per heavy atom. The van der Waals surface area contributed by atoms with Crippen LogP contribution in [-0.2, 0) is 0 Å². The van der Waals surface area contributed by atoms with Crippen molar-refractivity contribution in [1.82, 2.24) is 0 Å². The van der Waals surface area contributed by atoms with Crippen molar-refractivity contribution in [2.24, 2.45) is 5.92 Å². The lowest BCUT2D eigenvalue weighted by Gasteiger charge is -2.12. The first-order chi connectivity index (χ1) is 7.60. The minimum atomic E-state index is 0.293. The van der Waals surface area contributed by atoms with E-state index in [1.54, 1.807) is 0 Å². The molecule has 1 rings (SSSR count). The lowest BCUT2D eigenvalue weighted by Crippen LogP contribution is -2.09. The first-order valence-electron chi connectivity index (χ1n) is 5.88. The molecule has 0 aliphatic carbocycles. The van der Waals surface area contributed by atoms with Crippen molar-refractivity contribution in [2.45, 2.75) is 40.0 Å². The number of hydrogen-bond acceptors (Lipinski definition) is 1. The van der Waals surface area contributed by atoms with Crippen LogP contribution in [-0.4, -0.2) is 5.78 Å². The Balaban J connectivity index is 2.84. The number of rotatable bonds is 5. The summed E-state index contributed by atoms with van der Waals surface area (Å²) >= 11 is 2.27. The van der Waals surface area contributed by atoms with Crippen LogP contribution in [0.4, 0.5) is 0 Å². The molecule has 0 aliphatic rings. The highest BCUT2D eigenvalue weighted by atomic mass is 127. The predicted molar refractivity (Wildman–Crippen MR) is 76.9 cm³/mol. The summed E-state index contributed by atoms with van der Waals surface area (Å²) in [6, 6.07) is 5.97. The Labute approximate surface area is 112 Å². The molecule has 0 radical (unpaired) electrons. The van der Waals surface area contributed by atoms with E-state index in [2.05, 4.69) is 49.4 Å². The van der Waals surface area contributed by atoms with E-state index in [0.717, 1.165) is 22.0 Å². The van der Waals surface area contributed by atoms with Crippen LogP contribution in [0.1, 0.15) is 49.0 Å². The molecule has 0 bridgehead atoms. The van der Waals surface area contributed by atoms with Crippen molar-refractivity contribution in [3.8, 4) is 0 Å². The van der Waals surface area contributed by atoms with Gasteiger partial charge in [-0.2, -0.15) is 0 Å². The largest absolute Gasteiger partial charge is 0.294 e. The molecule has 0 saturated carbocycles. The molecule has 88 valence electrons. The van der Waals surface area contributed by atoms with E-state index >= 15 is 0 Å². The second-order valence-electron chi connectivity index (χ2n) is 4.25. The fourth-order valence-electron chi connectivity index (χ4n) is 1.81. The van der Waals surface area contributed by atoms with Crippen molar-refractivity contribution in [1.29, 1.82) is 0 Å². The van der Waals surface area contributed by atoms with Crippen LogP contribution in [0.3, 0.4) is 0 Å². The van der Waals surface area contributed by atoms with E-state index in [-0.39, 0.29) is 0 Å². The predicted octanol–water partition coefficient (Wildman–Crippen LogP) is 4.61. The maximum absolute atomic E-state index is 12.1. The molecule has 1 nitrogen and oxygen atoms in total. The molecule has 0 fully saturated rings. The van der Waals surface area contributed by atoms with Gasteiger partial charge in [-0.25, -0.2) is 0 Å². The zero-order valence-corrected chi connectivity index (χ0v) is 12.4. The van der Waals surface area contributed by atoms with Crippen LogP contribution in [0.25, 0.3) is 0 Å². The summed E-state index contributed by atoms with van der Waals surface area (Å²) in [5.41, 5.74) is 2.09. The van der Waals surface area contributed by atoms with Crippen LogP contribution in [0, 0.1) is 16.4 Å². The molecule has 1 aromatic rings. The van der Waals surface area contributed by atoms with Gasteiger partial charge in [0.15, 0.2) is 5.78 Å². The second-order valence-corrected chi connectivity index (χ2v) is 5.33. The molecule has 0 heterocycles. The zero-order chi connectivity index (χ0) is 12.1. The molecule has 0 aromatic heterocycles. The third-order valence-corrected chi connectivity index (χ3v) is 4.55. The Kier molecular flexibility index (Phi) is 5.46. The minimum absolute atomic E-state index is 0.293. The van der Waals surface area contributed by atoms with Gasteiger partial charge in [-0.3, -0.25) is 4.79 Å². The fourth-order valence-corrected chi connectivity index (χ4v) is 2.47. The molecule has 0 N–H and O–H groups in total. The van der Waals surface area contributed by atoms with Crippen LogP contribution < -0.4 is 0 Å². The highest BCUT2D eigenvalue weighted by Gasteiger charge is 2.15. The topological polar surface area (TPSA) is 17.1 Å². The number of aryl methyl sites for hydroxylation is 1. The van der Waals surface area contributed by atoms with Gasteiger partial charge in [0.05, 0.1) is 0 Å². The smallest absolute Gasteiger partial charge is 0.164 e. The van der Waals surface area contributed by atoms with Gasteiger partial charge in [0.1, 0.15) is 0 Å². The van der Waals surface area contributed by atoms with Crippen LogP contribution in [0.15, 0.2) is 18.2 Å². The summed E-state index contributed by atoms with van der Waals surface area (Å²) in [6.07, 6.45) is 2.86. The first-order valence-corrected chi connectivity index (χ1v) is 6.96. The summed E-state index contributed by atoms with van der Waals surface area (Å²) < 4.78 is 1.11. The monoisotopic (exact) mass is 330 g/mol. The van der Waals surface area contributed by atoms with E-state index in [1.807, 2.05) is 12.1 Å². The number of ketones is 1. The van der Waals surface area contributed by atoms with Crippen LogP contribution >= 0.6 is 22.6 Å². The molecule has 0 unspecified atom stereocenters. The summed E-state index contributed by atoms with van der Waals surface area (Å²) in [5.74, 6) is 0.825. The van der Waals surface area contributed by atoms with Gasteiger partial charge < -0.3 is 0 Å². The summed E-state index contributed by atoms with van der Waals surface area (Å²) in [4.78, 5) is 12.1. The Morgan fingerprint density at radius 1 is 1.31 bits per heavy atom. The molecule has 0 atom stereocenters. The molecule has 1 aromatic carbocycles. The number of halogens is 1. The van der Waals surface area contributed by atoms with Gasteiger partial charge in [-0.05, 0) is 41.0 Å². The molecule has 16 heavy (non-hydrogen) atoms. The van der Waals surface area contributed by atoms with Crippen molar-refractivity contribution in [2.75, 3.05) is 0 Å². The molecule has 0 saturated heterocycles. The second kappa shape index (κ2) is 6.38. The fraction of sp³-hybridized carbons (Fsp3) is 0.500. The molecular formula is C14H19IO. The van der Waals surface area contributed by atoms with Gasteiger partial charge in [0.25, 0.3) is 0 Å². The number of benzene rings is 1. The lowest BCUT2D eigenvalue weighted by atomic mass is 9.93. The third kappa shape index (κ3) is 3.30. The molecule has 0 spiro atoms. The van der Waals surface area contributed by atoms with Crippen LogP contribution in [0.5, 0.6) is 0 Å². The number of Topliss-reactive ketones (excluding diaryl/α,β-unsaturated/α-hetero) is 1. The standard InChI is InChI=1S/C14H19IO/c1-4-11(5-2)9-13(16)12-8-6-7-10(3)14(12)15/h6-8,11H,4-5,9H2,1-3H3. The first kappa shape index (κ1) is 13.7. The molecule has 2 heteroatoms. The maximum atomic E-state index is 12.1. The molecule has 0 amide bonds. The zero-order valence-electron chi connectivity index (χ0n) is 10.2. The van der Waals surface area contributed by atoms with Gasteiger partial charge in [0, 0.05) is 15.6 Å². The van der Waals surface area contributed by atoms with Gasteiger partial charge >= 0.3 is 0 Å². The average molecular weight is 330 g/mol. The lowest BCUT2D eigenvalue weighted by molar-refractivity contribution is 0.0957.